The fourth-order valence-corrected chi connectivity index (χ4v) is 5.12. The third-order valence-corrected chi connectivity index (χ3v) is 7.50. The molecular formula is C35H52N6O7. The average Bonchev–Trinajstić information content (AvgIpc) is 3.55. The van der Waals surface area contributed by atoms with Crippen molar-refractivity contribution < 1.29 is 33.4 Å². The molecule has 48 heavy (non-hydrogen) atoms. The monoisotopic (exact) mass is 668 g/mol. The number of rotatable bonds is 8. The molecule has 3 heterocycles. The van der Waals surface area contributed by atoms with Crippen LogP contribution in [0.1, 0.15) is 51.7 Å². The van der Waals surface area contributed by atoms with E-state index in [0.29, 0.717) is 24.6 Å². The number of fused-ring (bicyclic) bond motifs is 2. The predicted octanol–water partition coefficient (Wildman–Crippen LogP) is 3.78. The Morgan fingerprint density at radius 1 is 1.08 bits per heavy atom. The normalized spacial score (nSPS) is 17.8. The number of hydrazine groups is 1. The molecule has 13 nitrogen and oxygen atoms in total. The standard InChI is InChI=1S/C25H29N5O6.C4H11N.C4H8.C2H4O/c1-16-24(32)28(12-18-6-9-20-21(10-18)36-15-35-20)13-22-29(16)23(31)14-27(2)30(22)25(33)26-11-17-4-7-19(34-3)8-5-17;1-3-4-5-2;1-3-4-2;1-2-3/h4-10,16,22H,11-15H2,1-3H3,(H,26,33);5H,3-4H2,1-2H3;3H,1,4H2,2H3;2H,1H3. The van der Waals surface area contributed by atoms with Gasteiger partial charge < -0.3 is 39.4 Å². The van der Waals surface area contributed by atoms with Crippen molar-refractivity contribution in [3.8, 4) is 17.2 Å². The minimum atomic E-state index is -0.698. The Bertz CT molecular complexity index is 1340. The van der Waals surface area contributed by atoms with Gasteiger partial charge in [0, 0.05) is 20.1 Å². The van der Waals surface area contributed by atoms with Crippen LogP contribution in [0.3, 0.4) is 0 Å². The quantitative estimate of drug-likeness (QED) is 0.319. The van der Waals surface area contributed by atoms with Gasteiger partial charge in [-0.05, 0) is 75.7 Å². The van der Waals surface area contributed by atoms with Crippen LogP contribution in [-0.4, -0.2) is 104 Å². The number of allylic oxidation sites excluding steroid dienone is 1. The molecular weight excluding hydrogens is 616 g/mol. The van der Waals surface area contributed by atoms with Crippen LogP contribution >= 0.6 is 0 Å². The van der Waals surface area contributed by atoms with Crippen LogP contribution in [0, 0.1) is 0 Å². The number of hydrogen-bond acceptors (Lipinski definition) is 9. The molecule has 0 spiro atoms. The van der Waals surface area contributed by atoms with Crippen molar-refractivity contribution in [1.82, 2.24) is 30.5 Å². The Labute approximate surface area is 284 Å². The Kier molecular flexibility index (Phi) is 17.0. The highest BCUT2D eigenvalue weighted by molar-refractivity contribution is 5.91. The summed E-state index contributed by atoms with van der Waals surface area (Å²) in [5.41, 5.74) is 1.78. The van der Waals surface area contributed by atoms with Crippen molar-refractivity contribution in [2.24, 2.45) is 0 Å². The Morgan fingerprint density at radius 2 is 1.71 bits per heavy atom. The third-order valence-electron chi connectivity index (χ3n) is 7.50. The SMILES string of the molecule is C=CCC.CC=O.CCCNC.COc1ccc(CNC(=O)N2C3CN(Cc4ccc5c(c4)OCO5)C(=O)C(C)N3C(=O)CN2C)cc1. The zero-order valence-corrected chi connectivity index (χ0v) is 29.4. The van der Waals surface area contributed by atoms with Gasteiger partial charge >= 0.3 is 6.03 Å². The molecule has 264 valence electrons. The summed E-state index contributed by atoms with van der Waals surface area (Å²) in [6.07, 6.45) is 4.31. The van der Waals surface area contributed by atoms with Gasteiger partial charge in [-0.15, -0.1) is 6.58 Å². The first-order valence-corrected chi connectivity index (χ1v) is 16.1. The summed E-state index contributed by atoms with van der Waals surface area (Å²) in [5.74, 6) is 1.69. The second kappa shape index (κ2) is 20.6. The minimum Gasteiger partial charge on any atom is -0.497 e. The summed E-state index contributed by atoms with van der Waals surface area (Å²) in [6, 6.07) is 11.9. The van der Waals surface area contributed by atoms with E-state index in [1.807, 2.05) is 55.6 Å². The molecule has 2 atom stereocenters. The molecule has 5 rings (SSSR count). The van der Waals surface area contributed by atoms with Crippen molar-refractivity contribution in [1.29, 1.82) is 0 Å². The van der Waals surface area contributed by atoms with E-state index in [0.717, 1.165) is 36.1 Å². The molecule has 0 aliphatic carbocycles. The van der Waals surface area contributed by atoms with Crippen LogP contribution in [-0.2, 0) is 27.5 Å². The third kappa shape index (κ3) is 11.0. The maximum Gasteiger partial charge on any atom is 0.334 e. The molecule has 0 aromatic heterocycles. The van der Waals surface area contributed by atoms with Crippen LogP contribution in [0.25, 0.3) is 0 Å². The fourth-order valence-electron chi connectivity index (χ4n) is 5.12. The number of likely N-dealkylation sites (N-methyl/N-ethyl adjacent to an activating group) is 1. The number of methoxy groups -OCH3 is 1. The fraction of sp³-hybridized carbons (Fsp3) is 0.486. The van der Waals surface area contributed by atoms with Crippen LogP contribution in [0.15, 0.2) is 55.1 Å². The maximum atomic E-state index is 13.3. The van der Waals surface area contributed by atoms with Crippen LogP contribution in [0.5, 0.6) is 17.2 Å². The zero-order chi connectivity index (χ0) is 35.6. The molecule has 3 aliphatic rings. The number of carbonyl (C=O) groups is 4. The number of nitrogens with zero attached hydrogens (tertiary/aromatic N) is 4. The highest BCUT2D eigenvalue weighted by atomic mass is 16.7. The lowest BCUT2D eigenvalue weighted by molar-refractivity contribution is -0.186. The second-order valence-electron chi connectivity index (χ2n) is 11.1. The molecule has 0 bridgehead atoms. The molecule has 3 aliphatic heterocycles. The van der Waals surface area contributed by atoms with E-state index in [9.17, 15) is 14.4 Å². The van der Waals surface area contributed by atoms with E-state index in [2.05, 4.69) is 31.1 Å². The van der Waals surface area contributed by atoms with Crippen LogP contribution < -0.4 is 24.8 Å². The summed E-state index contributed by atoms with van der Waals surface area (Å²) in [6.45, 7) is 13.0. The van der Waals surface area contributed by atoms with Gasteiger partial charge in [-0.2, -0.15) is 0 Å². The average molecular weight is 669 g/mol. The largest absolute Gasteiger partial charge is 0.497 e. The first-order chi connectivity index (χ1) is 23.1. The molecule has 2 unspecified atom stereocenters. The summed E-state index contributed by atoms with van der Waals surface area (Å²) in [5, 5.41) is 9.09. The van der Waals surface area contributed by atoms with Gasteiger partial charge in [0.15, 0.2) is 11.5 Å². The van der Waals surface area contributed by atoms with Crippen LogP contribution in [0.4, 0.5) is 4.79 Å². The van der Waals surface area contributed by atoms with E-state index >= 15 is 0 Å². The lowest BCUT2D eigenvalue weighted by Gasteiger charge is -2.53. The van der Waals surface area contributed by atoms with E-state index < -0.39 is 12.2 Å². The summed E-state index contributed by atoms with van der Waals surface area (Å²) >= 11 is 0. The lowest BCUT2D eigenvalue weighted by atomic mass is 10.1. The van der Waals surface area contributed by atoms with Crippen LogP contribution in [0.2, 0.25) is 0 Å². The molecule has 2 saturated heterocycles. The molecule has 0 saturated carbocycles. The Balaban J connectivity index is 0.000000578. The van der Waals surface area contributed by atoms with E-state index in [1.54, 1.807) is 31.0 Å². The van der Waals surface area contributed by atoms with E-state index in [4.69, 9.17) is 19.0 Å². The van der Waals surface area contributed by atoms with E-state index in [1.165, 1.54) is 23.3 Å². The topological polar surface area (TPSA) is 133 Å². The molecule has 0 radical (unpaired) electrons. The molecule has 2 N–H and O–H groups in total. The zero-order valence-electron chi connectivity index (χ0n) is 29.4. The number of ether oxygens (including phenoxy) is 3. The second-order valence-corrected chi connectivity index (χ2v) is 11.1. The van der Waals surface area contributed by atoms with Gasteiger partial charge in [-0.3, -0.25) is 9.59 Å². The molecule has 4 amide bonds. The predicted molar refractivity (Wildman–Crippen MR) is 184 cm³/mol. The van der Waals surface area contributed by atoms with Gasteiger partial charge in [0.2, 0.25) is 18.6 Å². The van der Waals surface area contributed by atoms with Gasteiger partial charge in [0.05, 0.1) is 20.2 Å². The summed E-state index contributed by atoms with van der Waals surface area (Å²) in [4.78, 5) is 51.5. The smallest absolute Gasteiger partial charge is 0.334 e. The van der Waals surface area contributed by atoms with Crippen molar-refractivity contribution in [2.75, 3.05) is 47.6 Å². The number of hydrogen-bond donors (Lipinski definition) is 2. The first kappa shape index (κ1) is 39.6. The maximum absolute atomic E-state index is 13.3. The number of piperazine rings is 1. The number of aldehydes is 1. The molecule has 2 aromatic rings. The number of benzene rings is 2. The lowest BCUT2D eigenvalue weighted by Crippen LogP contribution is -2.75. The number of urea groups is 1. The van der Waals surface area contributed by atoms with E-state index in [-0.39, 0.29) is 37.7 Å². The molecule has 2 fully saturated rings. The highest BCUT2D eigenvalue weighted by Crippen LogP contribution is 2.33. The molecule has 13 heteroatoms. The number of amides is 4. The number of nitrogens with one attached hydrogen (secondary N) is 2. The highest BCUT2D eigenvalue weighted by Gasteiger charge is 2.49. The van der Waals surface area contributed by atoms with Gasteiger partial charge in [-0.1, -0.05) is 38.1 Å². The summed E-state index contributed by atoms with van der Waals surface area (Å²) < 4.78 is 16.0. The first-order valence-electron chi connectivity index (χ1n) is 16.1. The molecule has 2 aromatic carbocycles. The van der Waals surface area contributed by atoms with Gasteiger partial charge in [0.25, 0.3) is 0 Å². The van der Waals surface area contributed by atoms with Crippen molar-refractivity contribution in [3.63, 3.8) is 0 Å². The van der Waals surface area contributed by atoms with Crippen molar-refractivity contribution in [3.05, 3.63) is 66.2 Å². The number of carbonyl (C=O) groups excluding carboxylic acids is 4. The van der Waals surface area contributed by atoms with Gasteiger partial charge in [-0.25, -0.2) is 14.8 Å². The van der Waals surface area contributed by atoms with Gasteiger partial charge in [0.1, 0.15) is 24.2 Å². The Morgan fingerprint density at radius 3 is 2.27 bits per heavy atom. The Hall–Kier alpha value is -4.62. The van der Waals surface area contributed by atoms with Crippen molar-refractivity contribution >= 4 is 24.1 Å². The minimum absolute atomic E-state index is 0.00619. The van der Waals surface area contributed by atoms with Crippen molar-refractivity contribution in [2.45, 2.75) is 65.8 Å². The summed E-state index contributed by atoms with van der Waals surface area (Å²) in [7, 11) is 5.26.